The Bertz CT molecular complexity index is 3990. The summed E-state index contributed by atoms with van der Waals surface area (Å²) < 4.78 is 13.6. The highest BCUT2D eigenvalue weighted by molar-refractivity contribution is 6.23. The molecule has 1 aliphatic carbocycles. The van der Waals surface area contributed by atoms with E-state index in [2.05, 4.69) is 202 Å². The number of para-hydroxylation sites is 4. The van der Waals surface area contributed by atoms with E-state index in [1.165, 1.54) is 92.8 Å². The van der Waals surface area contributed by atoms with Crippen LogP contribution in [0.3, 0.4) is 0 Å². The smallest absolute Gasteiger partial charge is 0.135 e. The Balaban J connectivity index is 0.940. The summed E-state index contributed by atoms with van der Waals surface area (Å²) in [5, 5.41) is 11.3. The van der Waals surface area contributed by atoms with Crippen molar-refractivity contribution >= 4 is 105 Å². The van der Waals surface area contributed by atoms with Crippen LogP contribution < -0.4 is 0 Å². The Hall–Kier alpha value is -7.82. The van der Waals surface area contributed by atoms with Gasteiger partial charge < -0.3 is 18.0 Å². The van der Waals surface area contributed by atoms with Gasteiger partial charge in [-0.1, -0.05) is 109 Å². The van der Waals surface area contributed by atoms with Gasteiger partial charge in [0.15, 0.2) is 0 Å². The van der Waals surface area contributed by atoms with Gasteiger partial charge in [-0.2, -0.15) is 0 Å². The molecule has 0 N–H and O–H groups in total. The SMILES string of the molecule is C1=Cc2oc3ccc(-n4c5ccccc5c5cc(-c6ccc7c(c6)c6ccccc6n7-c6ccc7c8cccc9c%10ccccc%10n(c7c6)c98)ccc54)cc3c2C=CC1. The van der Waals surface area contributed by atoms with E-state index in [1.54, 1.807) is 0 Å². The van der Waals surface area contributed by atoms with Crippen molar-refractivity contribution in [1.29, 1.82) is 0 Å². The van der Waals surface area contributed by atoms with E-state index < -0.39 is 0 Å². The zero-order chi connectivity index (χ0) is 38.3. The van der Waals surface area contributed by atoms with Crippen LogP contribution in [0.5, 0.6) is 0 Å². The number of nitrogens with zero attached hydrogens (tertiary/aromatic N) is 3. The third kappa shape index (κ3) is 4.17. The number of furan rings is 1. The fraction of sp³-hybridized carbons (Fsp3) is 0.0182. The van der Waals surface area contributed by atoms with E-state index in [9.17, 15) is 0 Å². The Labute approximate surface area is 337 Å². The first kappa shape index (κ1) is 31.3. The summed E-state index contributed by atoms with van der Waals surface area (Å²) in [6.07, 6.45) is 9.56. The average Bonchev–Trinajstić information content (AvgIpc) is 4.04. The van der Waals surface area contributed by atoms with Crippen LogP contribution in [0.2, 0.25) is 0 Å². The summed E-state index contributed by atoms with van der Waals surface area (Å²) >= 11 is 0. The lowest BCUT2D eigenvalue weighted by Crippen LogP contribution is -1.94. The molecule has 0 aliphatic heterocycles. The van der Waals surface area contributed by atoms with Gasteiger partial charge in [0.2, 0.25) is 0 Å². The number of aromatic nitrogens is 3. The Kier molecular flexibility index (Phi) is 6.05. The maximum atomic E-state index is 6.27. The molecule has 0 atom stereocenters. The van der Waals surface area contributed by atoms with Gasteiger partial charge in [0.25, 0.3) is 0 Å². The van der Waals surface area contributed by atoms with Crippen molar-refractivity contribution < 1.29 is 4.42 Å². The molecular weight excluding hydrogens is 719 g/mol. The minimum absolute atomic E-state index is 0.910. The number of benzene rings is 8. The third-order valence-corrected chi connectivity index (χ3v) is 13.0. The lowest BCUT2D eigenvalue weighted by molar-refractivity contribution is 0.603. The molecule has 14 rings (SSSR count). The topological polar surface area (TPSA) is 27.4 Å². The van der Waals surface area contributed by atoms with Crippen LogP contribution in [0.25, 0.3) is 127 Å². The highest BCUT2D eigenvalue weighted by atomic mass is 16.3. The summed E-state index contributed by atoms with van der Waals surface area (Å²) in [7, 11) is 0. The first-order chi connectivity index (χ1) is 29.3. The lowest BCUT2D eigenvalue weighted by atomic mass is 10.0. The van der Waals surface area contributed by atoms with E-state index in [0.29, 0.717) is 0 Å². The second-order valence-electron chi connectivity index (χ2n) is 16.0. The van der Waals surface area contributed by atoms with Crippen molar-refractivity contribution in [3.05, 3.63) is 187 Å². The monoisotopic (exact) mass is 751 g/mol. The predicted octanol–water partition coefficient (Wildman–Crippen LogP) is 14.9. The first-order valence-electron chi connectivity index (χ1n) is 20.4. The molecular formula is C55H33N3O. The fourth-order valence-corrected chi connectivity index (χ4v) is 10.4. The van der Waals surface area contributed by atoms with E-state index in [4.69, 9.17) is 4.42 Å². The van der Waals surface area contributed by atoms with E-state index >= 15 is 0 Å². The van der Waals surface area contributed by atoms with Crippen LogP contribution in [-0.4, -0.2) is 13.5 Å². The molecule has 0 saturated heterocycles. The molecule has 59 heavy (non-hydrogen) atoms. The van der Waals surface area contributed by atoms with Crippen molar-refractivity contribution in [3.63, 3.8) is 0 Å². The first-order valence-corrected chi connectivity index (χ1v) is 20.4. The largest absolute Gasteiger partial charge is 0.456 e. The second-order valence-corrected chi connectivity index (χ2v) is 16.0. The number of fused-ring (bicyclic) bond motifs is 15. The molecule has 0 unspecified atom stereocenters. The molecule has 0 radical (unpaired) electrons. The van der Waals surface area contributed by atoms with Gasteiger partial charge in [-0.25, -0.2) is 0 Å². The minimum Gasteiger partial charge on any atom is -0.456 e. The second kappa shape index (κ2) is 11.4. The lowest BCUT2D eigenvalue weighted by Gasteiger charge is -2.10. The molecule has 0 saturated carbocycles. The average molecular weight is 752 g/mol. The van der Waals surface area contributed by atoms with Crippen molar-refractivity contribution in [2.75, 3.05) is 0 Å². The Morgan fingerprint density at radius 2 is 0.915 bits per heavy atom. The van der Waals surface area contributed by atoms with Crippen molar-refractivity contribution in [2.45, 2.75) is 6.42 Å². The maximum absolute atomic E-state index is 6.27. The van der Waals surface area contributed by atoms with Crippen molar-refractivity contribution in [1.82, 2.24) is 13.5 Å². The summed E-state index contributed by atoms with van der Waals surface area (Å²) in [6, 6.07) is 60.7. The standard InChI is InChI=1S/C55H33N3O/c1-2-14-41-46-31-35(24-28-54(46)59-53(41)20-3-1)56-47-17-7-5-12-38(47)44-29-33(21-26-50(44)56)34-22-27-51-45(30-34)39-13-6-8-18-48(39)57(51)36-23-25-40-43-16-10-15-42-37-11-4-9-19-49(37)58(55(42)43)52(40)32-36/h2-32H,1H2. The molecule has 274 valence electrons. The molecule has 1 aliphatic rings. The third-order valence-electron chi connectivity index (χ3n) is 13.0. The summed E-state index contributed by atoms with van der Waals surface area (Å²) in [5.74, 6) is 0.924. The van der Waals surface area contributed by atoms with Crippen LogP contribution in [-0.2, 0) is 0 Å². The molecule has 0 spiro atoms. The van der Waals surface area contributed by atoms with Crippen LogP contribution in [0.15, 0.2) is 180 Å². The number of rotatable bonds is 3. The number of hydrogen-bond donors (Lipinski definition) is 0. The van der Waals surface area contributed by atoms with E-state index in [1.807, 2.05) is 0 Å². The summed E-state index contributed by atoms with van der Waals surface area (Å²) in [6.45, 7) is 0. The van der Waals surface area contributed by atoms with Crippen LogP contribution in [0, 0.1) is 0 Å². The van der Waals surface area contributed by atoms with Gasteiger partial charge in [0.1, 0.15) is 11.3 Å². The minimum atomic E-state index is 0.910. The van der Waals surface area contributed by atoms with Crippen LogP contribution >= 0.6 is 0 Å². The molecule has 0 fully saturated rings. The molecule has 13 aromatic rings. The maximum Gasteiger partial charge on any atom is 0.135 e. The number of allylic oxidation sites excluding steroid dienone is 2. The fourth-order valence-electron chi connectivity index (χ4n) is 10.4. The van der Waals surface area contributed by atoms with Crippen molar-refractivity contribution in [3.8, 4) is 22.5 Å². The van der Waals surface area contributed by atoms with Gasteiger partial charge in [0, 0.05) is 65.4 Å². The Morgan fingerprint density at radius 1 is 0.373 bits per heavy atom. The van der Waals surface area contributed by atoms with Crippen LogP contribution in [0.1, 0.15) is 17.7 Å². The quantitative estimate of drug-likeness (QED) is 0.177. The predicted molar refractivity (Wildman–Crippen MR) is 248 cm³/mol. The molecule has 4 heteroatoms. The zero-order valence-electron chi connectivity index (χ0n) is 31.9. The highest BCUT2D eigenvalue weighted by Crippen LogP contribution is 2.42. The van der Waals surface area contributed by atoms with Crippen molar-refractivity contribution in [2.24, 2.45) is 0 Å². The van der Waals surface area contributed by atoms with E-state index in [-0.39, 0.29) is 0 Å². The molecule has 5 aromatic heterocycles. The molecule has 0 amide bonds. The normalized spacial score (nSPS) is 13.2. The highest BCUT2D eigenvalue weighted by Gasteiger charge is 2.21. The summed E-state index contributed by atoms with van der Waals surface area (Å²) in [5.41, 5.74) is 15.3. The van der Waals surface area contributed by atoms with Gasteiger partial charge in [-0.3, -0.25) is 0 Å². The van der Waals surface area contributed by atoms with Gasteiger partial charge in [0.05, 0.1) is 38.6 Å². The van der Waals surface area contributed by atoms with Gasteiger partial charge in [-0.15, -0.1) is 0 Å². The molecule has 8 aromatic carbocycles. The Morgan fingerprint density at radius 3 is 1.61 bits per heavy atom. The molecule has 0 bridgehead atoms. The van der Waals surface area contributed by atoms with Gasteiger partial charge in [-0.05, 0) is 96.4 Å². The van der Waals surface area contributed by atoms with E-state index in [0.717, 1.165) is 40.1 Å². The molecule has 4 nitrogen and oxygen atoms in total. The number of hydrogen-bond acceptors (Lipinski definition) is 1. The summed E-state index contributed by atoms with van der Waals surface area (Å²) in [4.78, 5) is 0. The van der Waals surface area contributed by atoms with Crippen LogP contribution in [0.4, 0.5) is 0 Å². The zero-order valence-corrected chi connectivity index (χ0v) is 31.9. The van der Waals surface area contributed by atoms with Gasteiger partial charge >= 0.3 is 0 Å². The molecule has 5 heterocycles.